The van der Waals surface area contributed by atoms with Gasteiger partial charge in [-0.2, -0.15) is 0 Å². The number of anilines is 2. The molecule has 2 atom stereocenters. The van der Waals surface area contributed by atoms with E-state index in [-0.39, 0.29) is 12.0 Å². The van der Waals surface area contributed by atoms with Gasteiger partial charge >= 0.3 is 0 Å². The summed E-state index contributed by atoms with van der Waals surface area (Å²) in [5.74, 6) is 0.289. The Bertz CT molecular complexity index is 3540. The molecule has 1 aliphatic heterocycles. The van der Waals surface area contributed by atoms with Gasteiger partial charge in [0.2, 0.25) is 0 Å². The van der Waals surface area contributed by atoms with Gasteiger partial charge in [-0.3, -0.25) is 0 Å². The van der Waals surface area contributed by atoms with E-state index < -0.39 is 0 Å². The van der Waals surface area contributed by atoms with E-state index in [1.165, 1.54) is 107 Å². The lowest BCUT2D eigenvalue weighted by atomic mass is 9.89. The van der Waals surface area contributed by atoms with Crippen LogP contribution in [-0.2, 0) is 0 Å². The summed E-state index contributed by atoms with van der Waals surface area (Å²) < 4.78 is 7.85. The van der Waals surface area contributed by atoms with Crippen molar-refractivity contribution < 1.29 is 0 Å². The molecule has 0 amide bonds. The van der Waals surface area contributed by atoms with Crippen molar-refractivity contribution in [2.24, 2.45) is 0 Å². The molecular formula is C54H34N2S2. The molecule has 0 N–H and O–H groups in total. The average Bonchev–Trinajstić information content (AvgIpc) is 4.04. The smallest absolute Gasteiger partial charge is 0.0629 e. The van der Waals surface area contributed by atoms with E-state index in [0.29, 0.717) is 0 Å². The maximum Gasteiger partial charge on any atom is 0.0629 e. The molecule has 2 unspecified atom stereocenters. The first kappa shape index (κ1) is 32.4. The lowest BCUT2D eigenvalue weighted by Crippen LogP contribution is -2.28. The summed E-state index contributed by atoms with van der Waals surface area (Å²) >= 11 is 3.82. The Morgan fingerprint density at radius 3 is 1.88 bits per heavy atom. The molecular weight excluding hydrogens is 741 g/mol. The van der Waals surface area contributed by atoms with Gasteiger partial charge in [0.25, 0.3) is 0 Å². The van der Waals surface area contributed by atoms with Gasteiger partial charge in [0.1, 0.15) is 0 Å². The predicted octanol–water partition coefficient (Wildman–Crippen LogP) is 15.6. The molecule has 2 aliphatic rings. The second-order valence-electron chi connectivity index (χ2n) is 15.5. The van der Waals surface area contributed by atoms with Gasteiger partial charge in [0.15, 0.2) is 0 Å². The van der Waals surface area contributed by atoms with Crippen LogP contribution in [0.1, 0.15) is 11.5 Å². The molecule has 4 heterocycles. The van der Waals surface area contributed by atoms with Crippen LogP contribution in [0.25, 0.3) is 90.1 Å². The van der Waals surface area contributed by atoms with E-state index in [9.17, 15) is 0 Å². The first-order valence-electron chi connectivity index (χ1n) is 20.0. The Labute approximate surface area is 343 Å². The maximum atomic E-state index is 2.57. The van der Waals surface area contributed by atoms with Crippen molar-refractivity contribution in [2.75, 3.05) is 4.90 Å². The lowest BCUT2D eigenvalue weighted by molar-refractivity contribution is 0.745. The molecule has 0 saturated heterocycles. The largest absolute Gasteiger partial charge is 0.333 e. The molecule has 0 radical (unpaired) electrons. The van der Waals surface area contributed by atoms with Crippen LogP contribution in [0, 0.1) is 0 Å². The Balaban J connectivity index is 1.10. The van der Waals surface area contributed by atoms with Crippen LogP contribution >= 0.6 is 22.7 Å². The predicted molar refractivity (Wildman–Crippen MR) is 251 cm³/mol. The number of rotatable bonds is 4. The van der Waals surface area contributed by atoms with Crippen molar-refractivity contribution in [3.63, 3.8) is 0 Å². The average molecular weight is 775 g/mol. The molecule has 11 aromatic rings. The highest BCUT2D eigenvalue weighted by molar-refractivity contribution is 7.27. The van der Waals surface area contributed by atoms with Gasteiger partial charge in [-0.05, 0) is 59.7 Å². The van der Waals surface area contributed by atoms with Crippen LogP contribution in [-0.4, -0.2) is 10.6 Å². The van der Waals surface area contributed by atoms with Gasteiger partial charge in [-0.25, -0.2) is 0 Å². The molecule has 2 nitrogen and oxygen atoms in total. The minimum atomic E-state index is 0.222. The third kappa shape index (κ3) is 4.53. The van der Waals surface area contributed by atoms with Gasteiger partial charge in [-0.15, -0.1) is 22.7 Å². The Morgan fingerprint density at radius 2 is 1.03 bits per heavy atom. The van der Waals surface area contributed by atoms with Crippen LogP contribution in [0.4, 0.5) is 11.4 Å². The number of nitrogens with zero attached hydrogens (tertiary/aromatic N) is 2. The second-order valence-corrected chi connectivity index (χ2v) is 17.6. The van der Waals surface area contributed by atoms with Crippen LogP contribution in [0.3, 0.4) is 0 Å². The highest BCUT2D eigenvalue weighted by Crippen LogP contribution is 2.54. The standard InChI is InChI=1S/C54H34N2S2/c1-2-15-33(16-3-1)56-46-26-8-4-17-35(46)39-22-12-23-40(52(39)56)38-21-14-28-48-51(38)43-20-5-9-27-47(43)55(48)34-31-44-37-19-7-11-30-50(37)58-54(44)45(32-34)42-25-13-24-41-36-18-6-10-29-49(36)57-53(41)42/h1-32,35,46H. The minimum absolute atomic E-state index is 0.222. The number of thiophene rings is 2. The van der Waals surface area contributed by atoms with E-state index in [1.54, 1.807) is 0 Å². The molecule has 4 heteroatoms. The van der Waals surface area contributed by atoms with E-state index >= 15 is 0 Å². The van der Waals surface area contributed by atoms with Crippen molar-refractivity contribution in [3.8, 4) is 27.9 Å². The zero-order valence-electron chi connectivity index (χ0n) is 31.3. The summed E-state index contributed by atoms with van der Waals surface area (Å²) in [6, 6.07) is 63.6. The zero-order chi connectivity index (χ0) is 37.9. The van der Waals surface area contributed by atoms with E-state index in [2.05, 4.69) is 204 Å². The van der Waals surface area contributed by atoms with Gasteiger partial charge in [0, 0.05) is 85.1 Å². The molecule has 0 fully saturated rings. The molecule has 0 saturated carbocycles. The van der Waals surface area contributed by atoms with Crippen LogP contribution in [0.2, 0.25) is 0 Å². The molecule has 13 rings (SSSR count). The molecule has 0 bridgehead atoms. The fourth-order valence-corrected chi connectivity index (χ4v) is 12.5. The highest BCUT2D eigenvalue weighted by atomic mass is 32.1. The quantitative estimate of drug-likeness (QED) is 0.173. The van der Waals surface area contributed by atoms with Crippen LogP contribution < -0.4 is 4.90 Å². The normalized spacial score (nSPS) is 16.1. The monoisotopic (exact) mass is 774 g/mol. The van der Waals surface area contributed by atoms with Crippen molar-refractivity contribution >= 4 is 96.2 Å². The molecule has 0 spiro atoms. The minimum Gasteiger partial charge on any atom is -0.333 e. The summed E-state index contributed by atoms with van der Waals surface area (Å²) in [7, 11) is 0. The zero-order valence-corrected chi connectivity index (χ0v) is 33.0. The Hall–Kier alpha value is -6.72. The summed E-state index contributed by atoms with van der Waals surface area (Å²) in [6.45, 7) is 0. The van der Waals surface area contributed by atoms with Gasteiger partial charge in [0.05, 0.1) is 22.8 Å². The first-order valence-corrected chi connectivity index (χ1v) is 21.6. The summed E-state index contributed by atoms with van der Waals surface area (Å²) in [6.07, 6.45) is 9.17. The second kappa shape index (κ2) is 12.4. The first-order chi connectivity index (χ1) is 28.8. The van der Waals surface area contributed by atoms with Crippen molar-refractivity contribution in [1.82, 2.24) is 4.57 Å². The molecule has 1 aliphatic carbocycles. The Kier molecular flexibility index (Phi) is 6.91. The third-order valence-electron chi connectivity index (χ3n) is 12.5. The molecule has 58 heavy (non-hydrogen) atoms. The fraction of sp³-hybridized carbons (Fsp3) is 0.0370. The lowest BCUT2D eigenvalue weighted by Gasteiger charge is -2.29. The molecule has 8 aromatic carbocycles. The highest BCUT2D eigenvalue weighted by Gasteiger charge is 2.39. The Morgan fingerprint density at radius 1 is 0.414 bits per heavy atom. The van der Waals surface area contributed by atoms with E-state index in [0.717, 1.165) is 0 Å². The maximum absolute atomic E-state index is 2.57. The number of allylic oxidation sites excluding steroid dienone is 2. The summed E-state index contributed by atoms with van der Waals surface area (Å²) in [5, 5.41) is 7.80. The number of benzene rings is 8. The topological polar surface area (TPSA) is 8.17 Å². The van der Waals surface area contributed by atoms with Crippen molar-refractivity contribution in [2.45, 2.75) is 12.0 Å². The SMILES string of the molecule is C1=CC2c3cccc(-c4cccc5c4c4ccccc4n5-c4cc(-c5cccc6c5sc5ccccc56)c5sc6ccccc6c5c4)c3N(c3ccccc3)C2C=C1. The molecule has 3 aromatic heterocycles. The van der Waals surface area contributed by atoms with Gasteiger partial charge < -0.3 is 9.47 Å². The van der Waals surface area contributed by atoms with Crippen molar-refractivity contribution in [3.05, 3.63) is 200 Å². The number of fused-ring (bicyclic) bond motifs is 12. The summed E-state index contributed by atoms with van der Waals surface area (Å²) in [5.41, 5.74) is 12.6. The van der Waals surface area contributed by atoms with E-state index in [1.807, 2.05) is 22.7 Å². The molecule has 272 valence electrons. The van der Waals surface area contributed by atoms with Crippen LogP contribution in [0.5, 0.6) is 0 Å². The third-order valence-corrected chi connectivity index (χ3v) is 14.9. The number of para-hydroxylation sites is 3. The fourth-order valence-electron chi connectivity index (χ4n) is 10.1. The van der Waals surface area contributed by atoms with Gasteiger partial charge in [-0.1, -0.05) is 146 Å². The number of hydrogen-bond donors (Lipinski definition) is 0. The number of aromatic nitrogens is 1. The van der Waals surface area contributed by atoms with Crippen molar-refractivity contribution in [1.29, 1.82) is 0 Å². The van der Waals surface area contributed by atoms with Crippen LogP contribution in [0.15, 0.2) is 194 Å². The summed E-state index contributed by atoms with van der Waals surface area (Å²) in [4.78, 5) is 2.57. The van der Waals surface area contributed by atoms with E-state index in [4.69, 9.17) is 0 Å². The number of hydrogen-bond acceptors (Lipinski definition) is 3.